The molecule has 2 aromatic heterocycles. The summed E-state index contributed by atoms with van der Waals surface area (Å²) in [5.74, 6) is 2.23. The first-order valence-electron chi connectivity index (χ1n) is 7.74. The Balaban J connectivity index is 1.59. The standard InChI is InChI=1S/C15H21N5O3/c1-9-12(10(2)23-19-9)4-5-14(21)20-6-7-22-13(8-20)15-16-11(3)17-18-15/h13H,4-8H2,1-3H3,(H,16,17,18)/t13-/m0/s1. The average Bonchev–Trinajstić information content (AvgIpc) is 3.12. The number of rotatable bonds is 4. The van der Waals surface area contributed by atoms with E-state index in [1.165, 1.54) is 0 Å². The maximum absolute atomic E-state index is 12.5. The minimum absolute atomic E-state index is 0.102. The van der Waals surface area contributed by atoms with Crippen LogP contribution in [-0.4, -0.2) is 50.8 Å². The van der Waals surface area contributed by atoms with Crippen molar-refractivity contribution in [3.05, 3.63) is 28.7 Å². The van der Waals surface area contributed by atoms with Gasteiger partial charge in [0, 0.05) is 18.5 Å². The van der Waals surface area contributed by atoms with Crippen molar-refractivity contribution >= 4 is 5.91 Å². The van der Waals surface area contributed by atoms with Crippen molar-refractivity contribution in [3.63, 3.8) is 0 Å². The number of amides is 1. The molecule has 0 radical (unpaired) electrons. The van der Waals surface area contributed by atoms with Gasteiger partial charge >= 0.3 is 0 Å². The van der Waals surface area contributed by atoms with E-state index in [4.69, 9.17) is 9.26 Å². The molecule has 3 heterocycles. The Morgan fingerprint density at radius 3 is 2.87 bits per heavy atom. The Hall–Kier alpha value is -2.22. The van der Waals surface area contributed by atoms with Crippen LogP contribution >= 0.6 is 0 Å². The van der Waals surface area contributed by atoms with Gasteiger partial charge in [0.1, 0.15) is 17.7 Å². The summed E-state index contributed by atoms with van der Waals surface area (Å²) in [4.78, 5) is 18.6. The highest BCUT2D eigenvalue weighted by Gasteiger charge is 2.28. The van der Waals surface area contributed by atoms with Crippen molar-refractivity contribution in [2.24, 2.45) is 0 Å². The van der Waals surface area contributed by atoms with Crippen LogP contribution in [0.25, 0.3) is 0 Å². The number of nitrogens with one attached hydrogen (secondary N) is 1. The third-order valence-corrected chi connectivity index (χ3v) is 4.09. The highest BCUT2D eigenvalue weighted by Crippen LogP contribution is 2.21. The number of aromatic nitrogens is 4. The molecule has 1 aliphatic heterocycles. The van der Waals surface area contributed by atoms with Crippen LogP contribution in [0.3, 0.4) is 0 Å². The van der Waals surface area contributed by atoms with Crippen LogP contribution in [0.15, 0.2) is 4.52 Å². The topological polar surface area (TPSA) is 97.1 Å². The molecule has 0 aromatic carbocycles. The van der Waals surface area contributed by atoms with Crippen molar-refractivity contribution < 1.29 is 14.1 Å². The largest absolute Gasteiger partial charge is 0.366 e. The van der Waals surface area contributed by atoms with E-state index in [2.05, 4.69) is 20.3 Å². The van der Waals surface area contributed by atoms with Gasteiger partial charge in [0.15, 0.2) is 5.82 Å². The van der Waals surface area contributed by atoms with Crippen molar-refractivity contribution in [2.75, 3.05) is 19.7 Å². The van der Waals surface area contributed by atoms with Gasteiger partial charge in [-0.15, -0.1) is 0 Å². The molecule has 1 saturated heterocycles. The molecule has 2 aromatic rings. The first-order chi connectivity index (χ1) is 11.0. The number of nitrogens with zero attached hydrogens (tertiary/aromatic N) is 4. The van der Waals surface area contributed by atoms with E-state index in [-0.39, 0.29) is 12.0 Å². The van der Waals surface area contributed by atoms with E-state index < -0.39 is 0 Å². The fourth-order valence-corrected chi connectivity index (χ4v) is 2.78. The number of hydrogen-bond acceptors (Lipinski definition) is 6. The Morgan fingerprint density at radius 2 is 2.22 bits per heavy atom. The zero-order valence-electron chi connectivity index (χ0n) is 13.6. The number of carbonyl (C=O) groups excluding carboxylic acids is 1. The fourth-order valence-electron chi connectivity index (χ4n) is 2.78. The quantitative estimate of drug-likeness (QED) is 0.911. The number of aryl methyl sites for hydroxylation is 3. The number of carbonyl (C=O) groups is 1. The molecule has 1 aliphatic rings. The molecule has 0 spiro atoms. The number of hydrogen-bond donors (Lipinski definition) is 1. The van der Waals surface area contributed by atoms with Crippen LogP contribution < -0.4 is 0 Å². The molecule has 1 fully saturated rings. The zero-order chi connectivity index (χ0) is 16.4. The van der Waals surface area contributed by atoms with Crippen molar-refractivity contribution in [1.82, 2.24) is 25.2 Å². The Bertz CT molecular complexity index is 674. The highest BCUT2D eigenvalue weighted by molar-refractivity contribution is 5.76. The molecular formula is C15H21N5O3. The number of H-pyrrole nitrogens is 1. The SMILES string of the molecule is Cc1nc([C@@H]2CN(C(=O)CCc3c(C)noc3C)CCO2)n[nH]1. The van der Waals surface area contributed by atoms with Gasteiger partial charge in [-0.2, -0.15) is 5.10 Å². The molecule has 124 valence electrons. The van der Waals surface area contributed by atoms with Crippen molar-refractivity contribution in [3.8, 4) is 0 Å². The van der Waals surface area contributed by atoms with Gasteiger partial charge in [0.05, 0.1) is 18.8 Å². The maximum Gasteiger partial charge on any atom is 0.223 e. The second kappa shape index (κ2) is 6.49. The van der Waals surface area contributed by atoms with E-state index in [1.54, 1.807) is 0 Å². The van der Waals surface area contributed by atoms with Gasteiger partial charge in [-0.05, 0) is 27.2 Å². The molecule has 1 amide bonds. The fraction of sp³-hybridized carbons (Fsp3) is 0.600. The van der Waals surface area contributed by atoms with E-state index in [9.17, 15) is 4.79 Å². The van der Waals surface area contributed by atoms with Crippen LogP contribution in [0.2, 0.25) is 0 Å². The zero-order valence-corrected chi connectivity index (χ0v) is 13.6. The molecule has 0 unspecified atom stereocenters. The summed E-state index contributed by atoms with van der Waals surface area (Å²) in [7, 11) is 0. The molecule has 23 heavy (non-hydrogen) atoms. The minimum atomic E-state index is -0.267. The third kappa shape index (κ3) is 3.42. The van der Waals surface area contributed by atoms with E-state index in [0.29, 0.717) is 38.4 Å². The van der Waals surface area contributed by atoms with Crippen LogP contribution in [0.5, 0.6) is 0 Å². The van der Waals surface area contributed by atoms with Gasteiger partial charge in [-0.25, -0.2) is 4.98 Å². The van der Waals surface area contributed by atoms with Crippen LogP contribution in [0, 0.1) is 20.8 Å². The van der Waals surface area contributed by atoms with Crippen molar-refractivity contribution in [2.45, 2.75) is 39.7 Å². The van der Waals surface area contributed by atoms with E-state index in [0.717, 1.165) is 22.8 Å². The molecule has 1 N–H and O–H groups in total. The van der Waals surface area contributed by atoms with Gasteiger partial charge in [0.25, 0.3) is 0 Å². The summed E-state index contributed by atoms with van der Waals surface area (Å²) in [6.45, 7) is 7.18. The normalized spacial score (nSPS) is 18.4. The van der Waals surface area contributed by atoms with Gasteiger partial charge in [-0.1, -0.05) is 5.16 Å². The first kappa shape index (κ1) is 15.7. The predicted octanol–water partition coefficient (Wildman–Crippen LogP) is 1.25. The smallest absolute Gasteiger partial charge is 0.223 e. The number of morpholine rings is 1. The molecular weight excluding hydrogens is 298 g/mol. The molecule has 0 saturated carbocycles. The molecule has 8 heteroatoms. The summed E-state index contributed by atoms with van der Waals surface area (Å²) in [5.41, 5.74) is 1.87. The lowest BCUT2D eigenvalue weighted by Gasteiger charge is -2.31. The summed E-state index contributed by atoms with van der Waals surface area (Å²) < 4.78 is 10.8. The highest BCUT2D eigenvalue weighted by atomic mass is 16.5. The van der Waals surface area contributed by atoms with Gasteiger partial charge in [-0.3, -0.25) is 9.89 Å². The van der Waals surface area contributed by atoms with Crippen LogP contribution in [0.1, 0.15) is 41.2 Å². The van der Waals surface area contributed by atoms with E-state index in [1.807, 2.05) is 25.7 Å². The monoisotopic (exact) mass is 319 g/mol. The number of ether oxygens (including phenoxy) is 1. The van der Waals surface area contributed by atoms with Gasteiger partial charge in [0.2, 0.25) is 5.91 Å². The Kier molecular flexibility index (Phi) is 4.42. The van der Waals surface area contributed by atoms with E-state index >= 15 is 0 Å². The molecule has 0 bridgehead atoms. The van der Waals surface area contributed by atoms with Crippen LogP contribution in [-0.2, 0) is 16.0 Å². The Labute approximate surface area is 134 Å². The molecule has 3 rings (SSSR count). The molecule has 1 atom stereocenters. The lowest BCUT2D eigenvalue weighted by molar-refractivity contribution is -0.139. The summed E-state index contributed by atoms with van der Waals surface area (Å²) in [5, 5.41) is 10.8. The average molecular weight is 319 g/mol. The Morgan fingerprint density at radius 1 is 1.39 bits per heavy atom. The summed E-state index contributed by atoms with van der Waals surface area (Å²) in [6.07, 6.45) is 0.807. The second-order valence-corrected chi connectivity index (χ2v) is 5.78. The molecule has 8 nitrogen and oxygen atoms in total. The van der Waals surface area contributed by atoms with Gasteiger partial charge < -0.3 is 14.2 Å². The lowest BCUT2D eigenvalue weighted by Crippen LogP contribution is -2.42. The summed E-state index contributed by atoms with van der Waals surface area (Å²) >= 11 is 0. The minimum Gasteiger partial charge on any atom is -0.366 e. The second-order valence-electron chi connectivity index (χ2n) is 5.78. The van der Waals surface area contributed by atoms with Crippen LogP contribution in [0.4, 0.5) is 0 Å². The lowest BCUT2D eigenvalue weighted by atomic mass is 10.1. The maximum atomic E-state index is 12.5. The summed E-state index contributed by atoms with van der Waals surface area (Å²) in [6, 6.07) is 0. The third-order valence-electron chi connectivity index (χ3n) is 4.09. The van der Waals surface area contributed by atoms with Crippen molar-refractivity contribution in [1.29, 1.82) is 0 Å². The number of aromatic amines is 1. The first-order valence-corrected chi connectivity index (χ1v) is 7.74. The predicted molar refractivity (Wildman–Crippen MR) is 80.7 cm³/mol. The molecule has 0 aliphatic carbocycles.